The Kier molecular flexibility index (Phi) is 6.13. The zero-order chi connectivity index (χ0) is 22.8. The minimum Gasteiger partial charge on any atom is -0.504 e. The molecule has 0 bridgehead atoms. The molecule has 168 valence electrons. The van der Waals surface area contributed by atoms with Crippen LogP contribution in [0.2, 0.25) is 0 Å². The van der Waals surface area contributed by atoms with Gasteiger partial charge in [0.05, 0.1) is 25.3 Å². The molecule has 0 saturated carbocycles. The summed E-state index contributed by atoms with van der Waals surface area (Å²) in [5, 5.41) is 24.1. The van der Waals surface area contributed by atoms with Crippen LogP contribution in [0.3, 0.4) is 0 Å². The van der Waals surface area contributed by atoms with Crippen molar-refractivity contribution in [1.29, 1.82) is 0 Å². The SMILES string of the molecule is COc1cc([C@@H](CC(=O)NCc2cn3c(n2)SCC3)c2oc(C)cc(=O)c2O)ccc1O. The van der Waals surface area contributed by atoms with Crippen molar-refractivity contribution >= 4 is 17.7 Å². The maximum absolute atomic E-state index is 12.8. The number of amides is 1. The van der Waals surface area contributed by atoms with Gasteiger partial charge in [-0.15, -0.1) is 0 Å². The summed E-state index contributed by atoms with van der Waals surface area (Å²) in [6.07, 6.45) is 1.82. The molecule has 32 heavy (non-hydrogen) atoms. The number of methoxy groups -OCH3 is 1. The van der Waals surface area contributed by atoms with Crippen molar-refractivity contribution in [3.05, 3.63) is 63.5 Å². The number of thioether (sulfide) groups is 1. The third-order valence-electron chi connectivity index (χ3n) is 5.20. The highest BCUT2D eigenvalue weighted by Crippen LogP contribution is 2.37. The molecular formula is C22H23N3O6S. The van der Waals surface area contributed by atoms with Crippen LogP contribution in [0.15, 0.2) is 44.8 Å². The number of hydrogen-bond acceptors (Lipinski definition) is 8. The molecule has 2 aromatic heterocycles. The first-order valence-corrected chi connectivity index (χ1v) is 11.0. The van der Waals surface area contributed by atoms with Crippen LogP contribution in [0, 0.1) is 6.92 Å². The van der Waals surface area contributed by atoms with E-state index < -0.39 is 17.1 Å². The average Bonchev–Trinajstić information content (AvgIpc) is 3.36. The Morgan fingerprint density at radius 3 is 2.94 bits per heavy atom. The zero-order valence-corrected chi connectivity index (χ0v) is 18.4. The highest BCUT2D eigenvalue weighted by Gasteiger charge is 2.27. The number of fused-ring (bicyclic) bond motifs is 1. The van der Waals surface area contributed by atoms with E-state index in [1.54, 1.807) is 30.8 Å². The number of carbonyl (C=O) groups is 1. The minimum absolute atomic E-state index is 0.0183. The van der Waals surface area contributed by atoms with Crippen LogP contribution in [0.5, 0.6) is 17.2 Å². The normalized spacial score (nSPS) is 13.6. The van der Waals surface area contributed by atoms with E-state index in [0.717, 1.165) is 23.1 Å². The van der Waals surface area contributed by atoms with Crippen molar-refractivity contribution in [2.45, 2.75) is 37.5 Å². The molecule has 0 radical (unpaired) electrons. The van der Waals surface area contributed by atoms with Gasteiger partial charge in [0.2, 0.25) is 17.1 Å². The molecule has 0 spiro atoms. The quantitative estimate of drug-likeness (QED) is 0.494. The fourth-order valence-corrected chi connectivity index (χ4v) is 4.59. The van der Waals surface area contributed by atoms with Gasteiger partial charge in [0.25, 0.3) is 0 Å². The first kappa shape index (κ1) is 21.8. The molecule has 3 N–H and O–H groups in total. The summed E-state index contributed by atoms with van der Waals surface area (Å²) in [4.78, 5) is 29.5. The Hall–Kier alpha value is -3.40. The summed E-state index contributed by atoms with van der Waals surface area (Å²) in [6.45, 7) is 2.75. The fraction of sp³-hybridized carbons (Fsp3) is 0.318. The van der Waals surface area contributed by atoms with Gasteiger partial charge in [0.1, 0.15) is 5.76 Å². The van der Waals surface area contributed by atoms with Gasteiger partial charge >= 0.3 is 0 Å². The second kappa shape index (κ2) is 8.99. The number of hydrogen-bond donors (Lipinski definition) is 3. The van der Waals surface area contributed by atoms with E-state index >= 15 is 0 Å². The molecule has 9 nitrogen and oxygen atoms in total. The van der Waals surface area contributed by atoms with Gasteiger partial charge in [-0.25, -0.2) is 4.98 Å². The van der Waals surface area contributed by atoms with Crippen LogP contribution < -0.4 is 15.5 Å². The topological polar surface area (TPSA) is 127 Å². The Balaban J connectivity index is 1.60. The lowest BCUT2D eigenvalue weighted by Gasteiger charge is -2.18. The van der Waals surface area contributed by atoms with E-state index in [4.69, 9.17) is 9.15 Å². The molecular weight excluding hydrogens is 434 g/mol. The summed E-state index contributed by atoms with van der Waals surface area (Å²) in [5.41, 5.74) is 0.703. The van der Waals surface area contributed by atoms with Crippen LogP contribution in [-0.4, -0.2) is 38.5 Å². The van der Waals surface area contributed by atoms with Crippen LogP contribution in [0.25, 0.3) is 0 Å². The van der Waals surface area contributed by atoms with Gasteiger partial charge in [-0.3, -0.25) is 9.59 Å². The molecule has 3 heterocycles. The van der Waals surface area contributed by atoms with Gasteiger partial charge < -0.3 is 29.3 Å². The highest BCUT2D eigenvalue weighted by atomic mass is 32.2. The molecule has 10 heteroatoms. The first-order chi connectivity index (χ1) is 15.4. The zero-order valence-electron chi connectivity index (χ0n) is 17.6. The minimum atomic E-state index is -0.778. The standard InChI is InChI=1S/C22H23N3O6S/c1-12-7-17(27)20(29)21(31-12)15(13-3-4-16(26)18(8-13)30-2)9-19(28)23-10-14-11-25-5-6-32-22(25)24-14/h3-4,7-8,11,15,26,29H,5-6,9-10H2,1-2H3,(H,23,28)/t15-/m1/s1. The van der Waals surface area contributed by atoms with Crippen molar-refractivity contribution in [3.63, 3.8) is 0 Å². The Morgan fingerprint density at radius 1 is 1.38 bits per heavy atom. The maximum Gasteiger partial charge on any atom is 0.227 e. The molecule has 1 amide bonds. The van der Waals surface area contributed by atoms with Crippen LogP contribution in [0.4, 0.5) is 0 Å². The van der Waals surface area contributed by atoms with Gasteiger partial charge in [-0.1, -0.05) is 17.8 Å². The number of aromatic nitrogens is 2. The number of rotatable bonds is 7. The molecule has 0 unspecified atom stereocenters. The maximum atomic E-state index is 12.8. The molecule has 1 atom stereocenters. The summed E-state index contributed by atoms with van der Waals surface area (Å²) < 4.78 is 12.9. The number of phenols is 1. The molecule has 0 aliphatic carbocycles. The van der Waals surface area contributed by atoms with E-state index in [0.29, 0.717) is 11.3 Å². The summed E-state index contributed by atoms with van der Waals surface area (Å²) >= 11 is 1.67. The van der Waals surface area contributed by atoms with Crippen molar-refractivity contribution in [1.82, 2.24) is 14.9 Å². The smallest absolute Gasteiger partial charge is 0.227 e. The van der Waals surface area contributed by atoms with E-state index in [1.807, 2.05) is 6.20 Å². The van der Waals surface area contributed by atoms with Gasteiger partial charge in [0.15, 0.2) is 22.4 Å². The molecule has 1 aromatic carbocycles. The molecule has 1 aliphatic rings. The molecule has 3 aromatic rings. The number of phenolic OH excluding ortho intramolecular Hbond substituents is 1. The molecule has 1 aliphatic heterocycles. The predicted molar refractivity (Wildman–Crippen MR) is 117 cm³/mol. The van der Waals surface area contributed by atoms with E-state index in [9.17, 15) is 19.8 Å². The highest BCUT2D eigenvalue weighted by molar-refractivity contribution is 7.99. The predicted octanol–water partition coefficient (Wildman–Crippen LogP) is 2.51. The van der Waals surface area contributed by atoms with E-state index in [2.05, 4.69) is 14.9 Å². The Bertz CT molecular complexity index is 1200. The number of nitrogens with one attached hydrogen (secondary N) is 1. The number of aryl methyl sites for hydroxylation is 2. The lowest BCUT2D eigenvalue weighted by molar-refractivity contribution is -0.121. The third-order valence-corrected chi connectivity index (χ3v) is 6.17. The van der Waals surface area contributed by atoms with Crippen LogP contribution in [0.1, 0.15) is 35.1 Å². The number of aromatic hydroxyl groups is 2. The Labute approximate surface area is 188 Å². The van der Waals surface area contributed by atoms with Crippen molar-refractivity contribution in [2.24, 2.45) is 0 Å². The monoisotopic (exact) mass is 457 g/mol. The molecule has 0 fully saturated rings. The van der Waals surface area contributed by atoms with Crippen molar-refractivity contribution in [3.8, 4) is 17.2 Å². The third kappa shape index (κ3) is 4.45. The van der Waals surface area contributed by atoms with Crippen molar-refractivity contribution in [2.75, 3.05) is 12.9 Å². The summed E-state index contributed by atoms with van der Waals surface area (Å²) in [5.74, 6) is -0.224. The second-order valence-corrected chi connectivity index (χ2v) is 8.52. The number of nitrogens with zero attached hydrogens (tertiary/aromatic N) is 2. The molecule has 4 rings (SSSR count). The number of benzene rings is 1. The molecule has 0 saturated heterocycles. The summed E-state index contributed by atoms with van der Waals surface area (Å²) in [7, 11) is 1.41. The number of carbonyl (C=O) groups excluding carboxylic acids is 1. The first-order valence-electron chi connectivity index (χ1n) is 10.0. The lowest BCUT2D eigenvalue weighted by Crippen LogP contribution is -2.25. The van der Waals surface area contributed by atoms with Crippen molar-refractivity contribution < 1.29 is 24.2 Å². The number of ether oxygens (including phenoxy) is 1. The Morgan fingerprint density at radius 2 is 2.19 bits per heavy atom. The summed E-state index contributed by atoms with van der Waals surface area (Å²) in [6, 6.07) is 5.75. The van der Waals surface area contributed by atoms with E-state index in [1.165, 1.54) is 19.2 Å². The lowest BCUT2D eigenvalue weighted by atomic mass is 9.91. The van der Waals surface area contributed by atoms with E-state index in [-0.39, 0.29) is 36.1 Å². The average molecular weight is 458 g/mol. The largest absolute Gasteiger partial charge is 0.504 e. The number of imidazole rings is 1. The van der Waals surface area contributed by atoms with Crippen LogP contribution >= 0.6 is 11.8 Å². The van der Waals surface area contributed by atoms with Gasteiger partial charge in [0, 0.05) is 31.0 Å². The fourth-order valence-electron chi connectivity index (χ4n) is 3.63. The van der Waals surface area contributed by atoms with Gasteiger partial charge in [-0.2, -0.15) is 0 Å². The van der Waals surface area contributed by atoms with Gasteiger partial charge in [-0.05, 0) is 24.6 Å². The second-order valence-electron chi connectivity index (χ2n) is 7.46. The van der Waals surface area contributed by atoms with Crippen LogP contribution in [-0.2, 0) is 17.9 Å².